The number of halogens is 1. The van der Waals surface area contributed by atoms with E-state index in [9.17, 15) is 4.79 Å². The van der Waals surface area contributed by atoms with Gasteiger partial charge in [0.2, 0.25) is 0 Å². The van der Waals surface area contributed by atoms with Crippen molar-refractivity contribution in [1.82, 2.24) is 16.0 Å². The number of anilines is 1. The van der Waals surface area contributed by atoms with Gasteiger partial charge in [0, 0.05) is 50.5 Å². The molecule has 2 aromatic rings. The predicted octanol–water partition coefficient (Wildman–Crippen LogP) is 3.31. The van der Waals surface area contributed by atoms with Crippen LogP contribution < -0.4 is 20.9 Å². The maximum Gasteiger partial charge on any atom is 0.251 e. The summed E-state index contributed by atoms with van der Waals surface area (Å²) in [5.41, 5.74) is 4.27. The Hall–Kier alpha value is -2.29. The maximum absolute atomic E-state index is 12.0. The molecular formula is C23H32IN5O. The number of amides is 1. The van der Waals surface area contributed by atoms with E-state index in [2.05, 4.69) is 57.0 Å². The number of hydrogen-bond acceptors (Lipinski definition) is 3. The minimum atomic E-state index is -0.0426. The minimum Gasteiger partial charge on any atom is -0.369 e. The first-order valence-corrected chi connectivity index (χ1v) is 10.2. The molecule has 0 radical (unpaired) electrons. The summed E-state index contributed by atoms with van der Waals surface area (Å²) in [6, 6.07) is 16.7. The van der Waals surface area contributed by atoms with Crippen LogP contribution in [0.3, 0.4) is 0 Å². The molecule has 0 bridgehead atoms. The molecule has 0 aromatic heterocycles. The Balaban J connectivity index is 0.00000320. The lowest BCUT2D eigenvalue weighted by molar-refractivity contribution is 0.0955. The number of carbonyl (C=O) groups is 1. The van der Waals surface area contributed by atoms with E-state index in [0.29, 0.717) is 24.7 Å². The molecule has 30 heavy (non-hydrogen) atoms. The third kappa shape index (κ3) is 6.62. The fraction of sp³-hybridized carbons (Fsp3) is 0.391. The molecule has 3 N–H and O–H groups in total. The number of nitrogens with one attached hydrogen (secondary N) is 3. The molecule has 2 aromatic carbocycles. The minimum absolute atomic E-state index is 0. The normalized spacial score (nSPS) is 16.0. The molecule has 1 atom stereocenters. The van der Waals surface area contributed by atoms with Crippen LogP contribution in [0.2, 0.25) is 0 Å². The first-order chi connectivity index (χ1) is 14.1. The van der Waals surface area contributed by atoms with Crippen molar-refractivity contribution in [3.8, 4) is 0 Å². The zero-order valence-electron chi connectivity index (χ0n) is 17.9. The van der Waals surface area contributed by atoms with Gasteiger partial charge in [-0.15, -0.1) is 24.0 Å². The van der Waals surface area contributed by atoms with Crippen molar-refractivity contribution in [2.24, 2.45) is 4.99 Å². The predicted molar refractivity (Wildman–Crippen MR) is 135 cm³/mol. The average Bonchev–Trinajstić information content (AvgIpc) is 3.20. The molecule has 162 valence electrons. The van der Waals surface area contributed by atoms with Gasteiger partial charge in [-0.3, -0.25) is 9.79 Å². The van der Waals surface area contributed by atoms with E-state index in [1.807, 2.05) is 31.2 Å². The molecule has 1 aliphatic rings. The molecule has 0 aliphatic carbocycles. The van der Waals surface area contributed by atoms with Gasteiger partial charge in [0.05, 0.1) is 0 Å². The summed E-state index contributed by atoms with van der Waals surface area (Å²) in [6.45, 7) is 7.25. The fourth-order valence-corrected chi connectivity index (χ4v) is 3.53. The Kier molecular flexibility index (Phi) is 9.42. The van der Waals surface area contributed by atoms with Crippen LogP contribution in [-0.2, 0) is 6.54 Å². The van der Waals surface area contributed by atoms with Crippen molar-refractivity contribution in [2.75, 3.05) is 31.6 Å². The van der Waals surface area contributed by atoms with Gasteiger partial charge >= 0.3 is 0 Å². The Morgan fingerprint density at radius 3 is 2.63 bits per heavy atom. The smallest absolute Gasteiger partial charge is 0.251 e. The highest BCUT2D eigenvalue weighted by molar-refractivity contribution is 14.0. The number of aliphatic imine (C=N–C) groups is 1. The second kappa shape index (κ2) is 11.8. The van der Waals surface area contributed by atoms with Gasteiger partial charge in [-0.25, -0.2) is 0 Å². The van der Waals surface area contributed by atoms with E-state index in [4.69, 9.17) is 0 Å². The lowest BCUT2D eigenvalue weighted by Gasteiger charge is -2.20. The van der Waals surface area contributed by atoms with Crippen LogP contribution in [0.15, 0.2) is 53.5 Å². The zero-order chi connectivity index (χ0) is 20.6. The summed E-state index contributed by atoms with van der Waals surface area (Å²) >= 11 is 0. The largest absolute Gasteiger partial charge is 0.369 e. The number of guanidine groups is 1. The van der Waals surface area contributed by atoms with E-state index < -0.39 is 0 Å². The van der Waals surface area contributed by atoms with Gasteiger partial charge in [-0.2, -0.15) is 0 Å². The van der Waals surface area contributed by atoms with Crippen molar-refractivity contribution < 1.29 is 4.79 Å². The molecule has 1 fully saturated rings. The van der Waals surface area contributed by atoms with E-state index in [-0.39, 0.29) is 29.9 Å². The summed E-state index contributed by atoms with van der Waals surface area (Å²) in [4.78, 5) is 18.8. The molecule has 0 spiro atoms. The van der Waals surface area contributed by atoms with Crippen molar-refractivity contribution in [1.29, 1.82) is 0 Å². The molecule has 1 aliphatic heterocycles. The molecule has 3 rings (SSSR count). The van der Waals surface area contributed by atoms with Crippen molar-refractivity contribution >= 4 is 41.5 Å². The first kappa shape index (κ1) is 24.0. The highest BCUT2D eigenvalue weighted by Gasteiger charge is 2.23. The van der Waals surface area contributed by atoms with Crippen LogP contribution in [0.4, 0.5) is 5.69 Å². The van der Waals surface area contributed by atoms with E-state index in [1.165, 1.54) is 11.3 Å². The number of carbonyl (C=O) groups excluding carboxylic acids is 1. The zero-order valence-corrected chi connectivity index (χ0v) is 20.3. The highest BCUT2D eigenvalue weighted by atomic mass is 127. The topological polar surface area (TPSA) is 68.8 Å². The van der Waals surface area contributed by atoms with Crippen LogP contribution in [-0.4, -0.2) is 44.6 Å². The van der Waals surface area contributed by atoms with Gasteiger partial charge in [0.15, 0.2) is 5.96 Å². The molecule has 6 nitrogen and oxygen atoms in total. The van der Waals surface area contributed by atoms with Gasteiger partial charge < -0.3 is 20.9 Å². The number of aryl methyl sites for hydroxylation is 1. The van der Waals surface area contributed by atoms with Gasteiger partial charge in [-0.1, -0.05) is 29.8 Å². The summed E-state index contributed by atoms with van der Waals surface area (Å²) < 4.78 is 0. The second-order valence-corrected chi connectivity index (χ2v) is 7.40. The maximum atomic E-state index is 12.0. The third-order valence-corrected chi connectivity index (χ3v) is 5.14. The van der Waals surface area contributed by atoms with Crippen molar-refractivity contribution in [3.05, 3.63) is 65.2 Å². The van der Waals surface area contributed by atoms with Crippen LogP contribution in [0, 0.1) is 6.92 Å². The molecule has 7 heteroatoms. The van der Waals surface area contributed by atoms with Gasteiger partial charge in [0.25, 0.3) is 5.91 Å². The van der Waals surface area contributed by atoms with Crippen molar-refractivity contribution in [2.45, 2.75) is 32.9 Å². The second-order valence-electron chi connectivity index (χ2n) is 7.40. The number of nitrogens with zero attached hydrogens (tertiary/aromatic N) is 2. The van der Waals surface area contributed by atoms with E-state index in [1.54, 1.807) is 7.05 Å². The molecule has 1 unspecified atom stereocenters. The summed E-state index contributed by atoms with van der Waals surface area (Å²) in [6.07, 6.45) is 1.07. The van der Waals surface area contributed by atoms with Crippen LogP contribution in [0.25, 0.3) is 0 Å². The highest BCUT2D eigenvalue weighted by Crippen LogP contribution is 2.20. The van der Waals surface area contributed by atoms with E-state index in [0.717, 1.165) is 31.0 Å². The summed E-state index contributed by atoms with van der Waals surface area (Å²) in [5, 5.41) is 9.72. The molecule has 1 heterocycles. The Bertz CT molecular complexity index is 853. The summed E-state index contributed by atoms with van der Waals surface area (Å²) in [7, 11) is 1.78. The lowest BCUT2D eigenvalue weighted by atomic mass is 10.1. The Labute approximate surface area is 196 Å². The SMILES string of the molecule is CCNC(=O)c1cccc(CNC(=NC)NC2CCN(c3ccc(C)cc3)C2)c1.I. The number of rotatable bonds is 6. The molecule has 1 saturated heterocycles. The molecular weight excluding hydrogens is 489 g/mol. The monoisotopic (exact) mass is 521 g/mol. The number of hydrogen-bond donors (Lipinski definition) is 3. The quantitative estimate of drug-likeness (QED) is 0.310. The van der Waals surface area contributed by atoms with Crippen LogP contribution in [0.5, 0.6) is 0 Å². The Morgan fingerprint density at radius 1 is 1.17 bits per heavy atom. The standard InChI is InChI=1S/C23H31N5O.HI/c1-4-25-22(29)19-7-5-6-18(14-19)15-26-23(24-3)27-20-12-13-28(16-20)21-10-8-17(2)9-11-21;/h5-11,14,20H,4,12-13,15-16H2,1-3H3,(H,25,29)(H2,24,26,27);1H. The lowest BCUT2D eigenvalue weighted by Crippen LogP contribution is -2.44. The Morgan fingerprint density at radius 2 is 1.93 bits per heavy atom. The van der Waals surface area contributed by atoms with Crippen LogP contribution >= 0.6 is 24.0 Å². The van der Waals surface area contributed by atoms with E-state index >= 15 is 0 Å². The first-order valence-electron chi connectivity index (χ1n) is 10.2. The van der Waals surface area contributed by atoms with Crippen LogP contribution in [0.1, 0.15) is 34.8 Å². The van der Waals surface area contributed by atoms with Crippen molar-refractivity contribution in [3.63, 3.8) is 0 Å². The van der Waals surface area contributed by atoms with Gasteiger partial charge in [0.1, 0.15) is 0 Å². The third-order valence-electron chi connectivity index (χ3n) is 5.14. The number of benzene rings is 2. The molecule has 1 amide bonds. The fourth-order valence-electron chi connectivity index (χ4n) is 3.53. The summed E-state index contributed by atoms with van der Waals surface area (Å²) in [5.74, 6) is 0.739. The van der Waals surface area contributed by atoms with Gasteiger partial charge in [-0.05, 0) is 50.1 Å². The molecule has 0 saturated carbocycles. The average molecular weight is 521 g/mol.